The zero-order chi connectivity index (χ0) is 13.1. The fourth-order valence-corrected chi connectivity index (χ4v) is 1.99. The van der Waals surface area contributed by atoms with E-state index in [1.807, 2.05) is 4.90 Å². The van der Waals surface area contributed by atoms with Gasteiger partial charge in [0.2, 0.25) is 5.82 Å². The number of nitriles is 1. The second-order valence-electron chi connectivity index (χ2n) is 4.39. The van der Waals surface area contributed by atoms with Crippen molar-refractivity contribution in [3.63, 3.8) is 0 Å². The van der Waals surface area contributed by atoms with Crippen molar-refractivity contribution in [1.82, 2.24) is 4.98 Å². The van der Waals surface area contributed by atoms with E-state index in [0.717, 1.165) is 12.8 Å². The van der Waals surface area contributed by atoms with Gasteiger partial charge in [-0.25, -0.2) is 4.98 Å². The van der Waals surface area contributed by atoms with Crippen molar-refractivity contribution in [3.05, 3.63) is 27.9 Å². The van der Waals surface area contributed by atoms with E-state index >= 15 is 0 Å². The molecule has 6 nitrogen and oxygen atoms in total. The van der Waals surface area contributed by atoms with Crippen LogP contribution in [-0.2, 0) is 0 Å². The van der Waals surface area contributed by atoms with Crippen LogP contribution < -0.4 is 4.90 Å². The lowest BCUT2D eigenvalue weighted by Crippen LogP contribution is -2.28. The molecule has 0 aliphatic heterocycles. The number of hydrogen-bond donors (Lipinski definition) is 0. The van der Waals surface area contributed by atoms with Gasteiger partial charge in [0, 0.05) is 24.3 Å². The third kappa shape index (κ3) is 2.40. The standard InChI is InChI=1S/C12H14N4O2/c1-9-5-7-14-12(11(9)16(17)18)15(8-2-6-13)10-3-4-10/h5,7,10H,2-4,8H2,1H3. The lowest BCUT2D eigenvalue weighted by molar-refractivity contribution is -0.384. The zero-order valence-corrected chi connectivity index (χ0v) is 10.2. The largest absolute Gasteiger partial charge is 0.347 e. The van der Waals surface area contributed by atoms with Gasteiger partial charge >= 0.3 is 5.69 Å². The molecule has 0 radical (unpaired) electrons. The smallest absolute Gasteiger partial charge is 0.314 e. The molecule has 0 atom stereocenters. The number of aryl methyl sites for hydroxylation is 1. The van der Waals surface area contributed by atoms with Gasteiger partial charge in [0.05, 0.1) is 17.4 Å². The molecular weight excluding hydrogens is 232 g/mol. The fourth-order valence-electron chi connectivity index (χ4n) is 1.99. The second kappa shape index (κ2) is 5.00. The summed E-state index contributed by atoms with van der Waals surface area (Å²) in [7, 11) is 0. The Kier molecular flexibility index (Phi) is 3.42. The maximum atomic E-state index is 11.1. The Morgan fingerprint density at radius 1 is 1.67 bits per heavy atom. The van der Waals surface area contributed by atoms with Gasteiger partial charge in [-0.2, -0.15) is 5.26 Å². The zero-order valence-electron chi connectivity index (χ0n) is 10.2. The third-order valence-corrected chi connectivity index (χ3v) is 3.01. The molecule has 0 spiro atoms. The SMILES string of the molecule is Cc1ccnc(N(CCC#N)C2CC2)c1[N+](=O)[O-]. The van der Waals surface area contributed by atoms with E-state index in [-0.39, 0.29) is 10.6 Å². The van der Waals surface area contributed by atoms with E-state index < -0.39 is 0 Å². The molecule has 0 aromatic carbocycles. The monoisotopic (exact) mass is 246 g/mol. The minimum Gasteiger partial charge on any atom is -0.347 e. The minimum atomic E-state index is -0.389. The molecule has 1 heterocycles. The molecule has 2 rings (SSSR count). The van der Waals surface area contributed by atoms with Crippen LogP contribution in [0.3, 0.4) is 0 Å². The van der Waals surface area contributed by atoms with Gasteiger partial charge < -0.3 is 4.90 Å². The van der Waals surface area contributed by atoms with Crippen molar-refractivity contribution in [3.8, 4) is 6.07 Å². The molecule has 0 amide bonds. The predicted molar refractivity (Wildman–Crippen MR) is 66.2 cm³/mol. The number of anilines is 1. The summed E-state index contributed by atoms with van der Waals surface area (Å²) < 4.78 is 0. The Bertz CT molecular complexity index is 505. The Morgan fingerprint density at radius 2 is 2.39 bits per heavy atom. The van der Waals surface area contributed by atoms with E-state index in [1.165, 1.54) is 0 Å². The van der Waals surface area contributed by atoms with Gasteiger partial charge in [-0.05, 0) is 25.8 Å². The molecule has 94 valence electrons. The number of hydrogen-bond acceptors (Lipinski definition) is 5. The molecule has 0 bridgehead atoms. The minimum absolute atomic E-state index is 0.0577. The number of pyridine rings is 1. The van der Waals surface area contributed by atoms with Crippen LogP contribution in [-0.4, -0.2) is 22.5 Å². The summed E-state index contributed by atoms with van der Waals surface area (Å²) in [5.74, 6) is 0.401. The molecule has 6 heteroatoms. The summed E-state index contributed by atoms with van der Waals surface area (Å²) in [5.41, 5.74) is 0.662. The second-order valence-corrected chi connectivity index (χ2v) is 4.39. The summed E-state index contributed by atoms with van der Waals surface area (Å²) in [6, 6.07) is 4.01. The summed E-state index contributed by atoms with van der Waals surface area (Å²) >= 11 is 0. The average molecular weight is 246 g/mol. The molecule has 1 aliphatic carbocycles. The maximum absolute atomic E-state index is 11.1. The van der Waals surface area contributed by atoms with Crippen LogP contribution >= 0.6 is 0 Å². The molecule has 0 N–H and O–H groups in total. The van der Waals surface area contributed by atoms with Crippen molar-refractivity contribution in [2.24, 2.45) is 0 Å². The lowest BCUT2D eigenvalue weighted by atomic mass is 10.2. The molecule has 1 aliphatic rings. The number of nitrogens with zero attached hydrogens (tertiary/aromatic N) is 4. The quantitative estimate of drug-likeness (QED) is 0.587. The van der Waals surface area contributed by atoms with E-state index in [2.05, 4.69) is 11.1 Å². The van der Waals surface area contributed by atoms with E-state index in [4.69, 9.17) is 5.26 Å². The van der Waals surface area contributed by atoms with E-state index in [0.29, 0.717) is 30.4 Å². The first-order chi connectivity index (χ1) is 8.65. The Morgan fingerprint density at radius 3 is 2.94 bits per heavy atom. The van der Waals surface area contributed by atoms with Crippen LogP contribution in [0.25, 0.3) is 0 Å². The Balaban J connectivity index is 2.38. The van der Waals surface area contributed by atoms with Crippen LogP contribution in [0, 0.1) is 28.4 Å². The van der Waals surface area contributed by atoms with E-state index in [9.17, 15) is 10.1 Å². The fraction of sp³-hybridized carbons (Fsp3) is 0.500. The van der Waals surface area contributed by atoms with Crippen LogP contribution in [0.1, 0.15) is 24.8 Å². The van der Waals surface area contributed by atoms with Crippen molar-refractivity contribution in [1.29, 1.82) is 5.26 Å². The van der Waals surface area contributed by atoms with Gasteiger partial charge in [0.1, 0.15) is 0 Å². The predicted octanol–water partition coefficient (Wildman–Crippen LogP) is 2.18. The van der Waals surface area contributed by atoms with Gasteiger partial charge in [0.15, 0.2) is 0 Å². The summed E-state index contributed by atoms with van der Waals surface area (Å²) in [4.78, 5) is 16.8. The van der Waals surface area contributed by atoms with Gasteiger partial charge in [0.25, 0.3) is 0 Å². The van der Waals surface area contributed by atoms with Crippen LogP contribution in [0.4, 0.5) is 11.5 Å². The molecule has 1 aromatic heterocycles. The van der Waals surface area contributed by atoms with Crippen molar-refractivity contribution in [2.45, 2.75) is 32.2 Å². The maximum Gasteiger partial charge on any atom is 0.314 e. The first-order valence-corrected chi connectivity index (χ1v) is 5.88. The molecule has 1 fully saturated rings. The topological polar surface area (TPSA) is 83.1 Å². The Hall–Kier alpha value is -2.16. The normalized spacial score (nSPS) is 14.0. The highest BCUT2D eigenvalue weighted by Crippen LogP contribution is 2.36. The first-order valence-electron chi connectivity index (χ1n) is 5.88. The Labute approximate surface area is 105 Å². The third-order valence-electron chi connectivity index (χ3n) is 3.01. The first kappa shape index (κ1) is 12.3. The molecule has 1 aromatic rings. The highest BCUT2D eigenvalue weighted by molar-refractivity contribution is 5.62. The number of nitro groups is 1. The number of aromatic nitrogens is 1. The average Bonchev–Trinajstić information content (AvgIpc) is 3.13. The van der Waals surface area contributed by atoms with Crippen molar-refractivity contribution < 1.29 is 4.92 Å². The molecular formula is C12H14N4O2. The van der Waals surface area contributed by atoms with Gasteiger partial charge in [-0.1, -0.05) is 0 Å². The highest BCUT2D eigenvalue weighted by atomic mass is 16.6. The molecule has 18 heavy (non-hydrogen) atoms. The van der Waals surface area contributed by atoms with Crippen molar-refractivity contribution in [2.75, 3.05) is 11.4 Å². The van der Waals surface area contributed by atoms with E-state index in [1.54, 1.807) is 19.2 Å². The van der Waals surface area contributed by atoms with Crippen LogP contribution in [0.2, 0.25) is 0 Å². The summed E-state index contributed by atoms with van der Waals surface area (Å²) in [6.45, 7) is 2.21. The highest BCUT2D eigenvalue weighted by Gasteiger charge is 2.34. The van der Waals surface area contributed by atoms with Gasteiger partial charge in [-0.15, -0.1) is 0 Å². The molecule has 1 saturated carbocycles. The summed E-state index contributed by atoms with van der Waals surface area (Å²) in [5, 5.41) is 19.8. The van der Waals surface area contributed by atoms with Crippen LogP contribution in [0.15, 0.2) is 12.3 Å². The number of rotatable bonds is 5. The van der Waals surface area contributed by atoms with Crippen molar-refractivity contribution >= 4 is 11.5 Å². The molecule has 0 saturated heterocycles. The van der Waals surface area contributed by atoms with Crippen LogP contribution in [0.5, 0.6) is 0 Å². The molecule has 0 unspecified atom stereocenters. The summed E-state index contributed by atoms with van der Waals surface area (Å²) in [6.07, 6.45) is 3.96. The lowest BCUT2D eigenvalue weighted by Gasteiger charge is -2.22. The van der Waals surface area contributed by atoms with Gasteiger partial charge in [-0.3, -0.25) is 10.1 Å².